The molecule has 0 saturated carbocycles. The van der Waals surface area contributed by atoms with E-state index >= 15 is 0 Å². The van der Waals surface area contributed by atoms with Crippen LogP contribution in [-0.2, 0) is 11.2 Å². The normalized spacial score (nSPS) is 13.5. The lowest BCUT2D eigenvalue weighted by molar-refractivity contribution is -0.124. The molecule has 8 heteroatoms. The molecule has 1 N–H and O–H groups in total. The first kappa shape index (κ1) is 22.6. The average molecular weight is 346 g/mol. The van der Waals surface area contributed by atoms with Gasteiger partial charge in [0.15, 0.2) is 11.5 Å². The molecule has 1 fully saturated rings. The van der Waals surface area contributed by atoms with E-state index in [9.17, 15) is 13.2 Å². The summed E-state index contributed by atoms with van der Waals surface area (Å²) >= 11 is 0. The zero-order chi connectivity index (χ0) is 17.1. The van der Waals surface area contributed by atoms with Crippen LogP contribution in [0.3, 0.4) is 0 Å². The van der Waals surface area contributed by atoms with Gasteiger partial charge in [0.25, 0.3) is 0 Å². The van der Waals surface area contributed by atoms with Crippen molar-refractivity contribution in [3.05, 3.63) is 23.8 Å². The van der Waals surface area contributed by atoms with Gasteiger partial charge >= 0.3 is 6.18 Å². The first-order valence-electron chi connectivity index (χ1n) is 7.52. The monoisotopic (exact) mass is 346 g/mol. The summed E-state index contributed by atoms with van der Waals surface area (Å²) in [5, 5.41) is 2.34. The van der Waals surface area contributed by atoms with Crippen LogP contribution in [-0.4, -0.2) is 55.1 Å². The molecule has 1 aliphatic rings. The van der Waals surface area contributed by atoms with E-state index in [4.69, 9.17) is 14.2 Å². The molecule has 0 aromatic heterocycles. The molecule has 1 aromatic carbocycles. The molecule has 3 radical (unpaired) electrons. The van der Waals surface area contributed by atoms with E-state index in [1.54, 1.807) is 18.2 Å². The summed E-state index contributed by atoms with van der Waals surface area (Å²) in [7, 11) is 3.05. The van der Waals surface area contributed by atoms with Gasteiger partial charge in [0.1, 0.15) is 0 Å². The van der Waals surface area contributed by atoms with E-state index in [0.29, 0.717) is 17.9 Å². The van der Waals surface area contributed by atoms with Crippen molar-refractivity contribution in [3.8, 4) is 11.5 Å². The number of methoxy groups -OCH3 is 2. The van der Waals surface area contributed by atoms with Gasteiger partial charge in [0.05, 0.1) is 20.8 Å². The molecule has 1 aliphatic heterocycles. The minimum absolute atomic E-state index is 0. The van der Waals surface area contributed by atoms with Crippen LogP contribution in [0.1, 0.15) is 18.4 Å². The number of ether oxygens (including phenoxy) is 3. The van der Waals surface area contributed by atoms with Crippen molar-refractivity contribution in [1.29, 1.82) is 0 Å². The number of nitrogens with one attached hydrogen (secondary N) is 1. The highest BCUT2D eigenvalue weighted by atomic mass is 19.4. The van der Waals surface area contributed by atoms with Gasteiger partial charge in [-0.3, -0.25) is 0 Å². The fourth-order valence-corrected chi connectivity index (χ4v) is 2.01. The minimum atomic E-state index is -4.17. The zero-order valence-electron chi connectivity index (χ0n) is 14.1. The molecule has 0 bridgehead atoms. The number of hydrogen-bond donors (Lipinski definition) is 1. The molecule has 2 rings (SSSR count). The van der Waals surface area contributed by atoms with Crippen LogP contribution in [0.2, 0.25) is 0 Å². The van der Waals surface area contributed by atoms with Crippen molar-refractivity contribution in [2.45, 2.75) is 25.4 Å². The first-order chi connectivity index (χ1) is 11.0. The van der Waals surface area contributed by atoms with Crippen LogP contribution in [0.4, 0.5) is 13.2 Å². The number of benzene rings is 1. The highest BCUT2D eigenvalue weighted by Crippen LogP contribution is 2.27. The van der Waals surface area contributed by atoms with Crippen molar-refractivity contribution < 1.29 is 27.4 Å². The highest BCUT2D eigenvalue weighted by Gasteiger charge is 2.25. The van der Waals surface area contributed by atoms with Crippen LogP contribution in [0.15, 0.2) is 18.2 Å². The highest BCUT2D eigenvalue weighted by molar-refractivity contribution is 5.75. The third kappa shape index (κ3) is 9.67. The lowest BCUT2D eigenvalue weighted by Crippen LogP contribution is -2.30. The zero-order valence-corrected chi connectivity index (χ0v) is 14.1. The van der Waals surface area contributed by atoms with Gasteiger partial charge in [-0.05, 0) is 43.5 Å². The largest absolute Gasteiger partial charge is 0.493 e. The number of hydrogen-bond acceptors (Lipinski definition) is 4. The fourth-order valence-electron chi connectivity index (χ4n) is 2.01. The summed E-state index contributed by atoms with van der Waals surface area (Å²) in [5.74, 6) is 1.18. The maximum atomic E-state index is 11.9. The first-order valence-corrected chi connectivity index (χ1v) is 7.52. The molecule has 0 atom stereocenters. The molecule has 1 saturated heterocycles. The van der Waals surface area contributed by atoms with Gasteiger partial charge in [0.2, 0.25) is 0 Å². The second-order valence-electron chi connectivity index (χ2n) is 5.05. The molecular formula is C16H24BF3NO3. The molecule has 4 nitrogen and oxygen atoms in total. The molecule has 0 spiro atoms. The Morgan fingerprint density at radius 3 is 2.17 bits per heavy atom. The number of alkyl halides is 3. The molecule has 0 unspecified atom stereocenters. The Morgan fingerprint density at radius 1 is 1.08 bits per heavy atom. The van der Waals surface area contributed by atoms with Crippen molar-refractivity contribution in [2.24, 2.45) is 0 Å². The van der Waals surface area contributed by atoms with Crippen molar-refractivity contribution >= 4 is 8.41 Å². The summed E-state index contributed by atoms with van der Waals surface area (Å²) in [6.07, 6.45) is -1.12. The van der Waals surface area contributed by atoms with Gasteiger partial charge in [-0.15, -0.1) is 0 Å². The van der Waals surface area contributed by atoms with E-state index < -0.39 is 12.7 Å². The predicted octanol–water partition coefficient (Wildman–Crippen LogP) is 2.81. The maximum Gasteiger partial charge on any atom is 0.401 e. The molecule has 24 heavy (non-hydrogen) atoms. The topological polar surface area (TPSA) is 39.7 Å². The SMILES string of the molecule is C1CCOC1.COc1ccc(CCNCC(F)(F)F)cc1OC.[B]. The quantitative estimate of drug-likeness (QED) is 0.635. The Balaban J connectivity index is 0.000000751. The lowest BCUT2D eigenvalue weighted by atomic mass is 10.1. The van der Waals surface area contributed by atoms with Gasteiger partial charge in [-0.1, -0.05) is 6.07 Å². The maximum absolute atomic E-state index is 11.9. The van der Waals surface area contributed by atoms with Crippen LogP contribution < -0.4 is 14.8 Å². The fraction of sp³-hybridized carbons (Fsp3) is 0.625. The Hall–Kier alpha value is -1.41. The van der Waals surface area contributed by atoms with Crippen LogP contribution >= 0.6 is 0 Å². The Bertz CT molecular complexity index is 447. The van der Waals surface area contributed by atoms with Gasteiger partial charge in [-0.2, -0.15) is 13.2 Å². The van der Waals surface area contributed by atoms with Crippen molar-refractivity contribution in [3.63, 3.8) is 0 Å². The second kappa shape index (κ2) is 12.0. The van der Waals surface area contributed by atoms with Crippen molar-refractivity contribution in [2.75, 3.05) is 40.5 Å². The third-order valence-corrected chi connectivity index (χ3v) is 3.19. The van der Waals surface area contributed by atoms with Crippen LogP contribution in [0.5, 0.6) is 11.5 Å². The van der Waals surface area contributed by atoms with E-state index in [0.717, 1.165) is 18.8 Å². The van der Waals surface area contributed by atoms with E-state index in [2.05, 4.69) is 5.32 Å². The molecule has 1 aromatic rings. The average Bonchev–Trinajstić information content (AvgIpc) is 3.10. The molecular weight excluding hydrogens is 322 g/mol. The van der Waals surface area contributed by atoms with Gasteiger partial charge in [0, 0.05) is 21.6 Å². The van der Waals surface area contributed by atoms with E-state index in [1.165, 1.54) is 27.1 Å². The second-order valence-corrected chi connectivity index (χ2v) is 5.05. The van der Waals surface area contributed by atoms with Crippen LogP contribution in [0, 0.1) is 0 Å². The molecule has 0 aliphatic carbocycles. The lowest BCUT2D eigenvalue weighted by Gasteiger charge is -2.10. The standard InChI is InChI=1S/C12H16F3NO2.C4H8O.B/c1-17-10-4-3-9(7-11(10)18-2)5-6-16-8-12(13,14)15;1-2-4-5-3-1;/h3-4,7,16H,5-6,8H2,1-2H3;1-4H2;. The number of rotatable bonds is 6. The Morgan fingerprint density at radius 2 is 1.71 bits per heavy atom. The summed E-state index contributed by atoms with van der Waals surface area (Å²) in [4.78, 5) is 0. The summed E-state index contributed by atoms with van der Waals surface area (Å²) in [6, 6.07) is 5.29. The smallest absolute Gasteiger partial charge is 0.401 e. The van der Waals surface area contributed by atoms with Crippen molar-refractivity contribution in [1.82, 2.24) is 5.32 Å². The summed E-state index contributed by atoms with van der Waals surface area (Å²) < 4.78 is 50.8. The Labute approximate surface area is 143 Å². The number of halogens is 3. The summed E-state index contributed by atoms with van der Waals surface area (Å²) in [5.41, 5.74) is 0.891. The molecule has 135 valence electrons. The van der Waals surface area contributed by atoms with Gasteiger partial charge in [-0.25, -0.2) is 0 Å². The molecule has 0 amide bonds. The van der Waals surface area contributed by atoms with E-state index in [1.807, 2.05) is 0 Å². The Kier molecular flexibility index (Phi) is 11.3. The van der Waals surface area contributed by atoms with Gasteiger partial charge < -0.3 is 19.5 Å². The van der Waals surface area contributed by atoms with E-state index in [-0.39, 0.29) is 15.0 Å². The van der Waals surface area contributed by atoms with Crippen LogP contribution in [0.25, 0.3) is 0 Å². The molecule has 1 heterocycles. The summed E-state index contributed by atoms with van der Waals surface area (Å²) in [6.45, 7) is 1.29. The predicted molar refractivity (Wildman–Crippen MR) is 88.0 cm³/mol. The third-order valence-electron chi connectivity index (χ3n) is 3.19. The minimum Gasteiger partial charge on any atom is -0.493 e.